The summed E-state index contributed by atoms with van der Waals surface area (Å²) in [5.41, 5.74) is 0. The van der Waals surface area contributed by atoms with Gasteiger partial charge in [0.05, 0.1) is 20.3 Å². The Balaban J connectivity index is 1.55. The Bertz CT molecular complexity index is 447. The predicted octanol–water partition coefficient (Wildman–Crippen LogP) is 1.63. The van der Waals surface area contributed by atoms with Crippen LogP contribution in [0.1, 0.15) is 6.42 Å². The molecule has 0 bridgehead atoms. The first kappa shape index (κ1) is 17.1. The largest absolute Gasteiger partial charge is 0.497 e. The van der Waals surface area contributed by atoms with E-state index in [1.807, 2.05) is 24.3 Å². The third-order valence-electron chi connectivity index (χ3n) is 3.51. The molecule has 6 heteroatoms. The van der Waals surface area contributed by atoms with E-state index >= 15 is 0 Å². The van der Waals surface area contributed by atoms with Crippen molar-refractivity contribution in [3.63, 3.8) is 0 Å². The van der Waals surface area contributed by atoms with Gasteiger partial charge >= 0.3 is 0 Å². The summed E-state index contributed by atoms with van der Waals surface area (Å²) in [6.07, 6.45) is 0.541. The minimum atomic E-state index is 0.120. The van der Waals surface area contributed by atoms with E-state index < -0.39 is 0 Å². The lowest BCUT2D eigenvalue weighted by Crippen LogP contribution is -2.41. The Hall–Kier alpha value is -1.24. The average Bonchev–Trinajstić information content (AvgIpc) is 2.56. The van der Waals surface area contributed by atoms with E-state index in [4.69, 9.17) is 9.47 Å². The molecule has 122 valence electrons. The van der Waals surface area contributed by atoms with Crippen LogP contribution in [0.25, 0.3) is 0 Å². The molecule has 1 amide bonds. The summed E-state index contributed by atoms with van der Waals surface area (Å²) in [6, 6.07) is 7.90. The molecule has 1 aromatic carbocycles. The monoisotopic (exact) mass is 324 g/mol. The number of rotatable bonds is 8. The number of amides is 1. The zero-order chi connectivity index (χ0) is 15.6. The number of nitrogens with zero attached hydrogens (tertiary/aromatic N) is 1. The number of carbonyl (C=O) groups excluding carboxylic acids is 1. The minimum Gasteiger partial charge on any atom is -0.497 e. The first-order valence-corrected chi connectivity index (χ1v) is 8.60. The normalized spacial score (nSPS) is 15.5. The van der Waals surface area contributed by atoms with Crippen LogP contribution in [0.5, 0.6) is 5.75 Å². The summed E-state index contributed by atoms with van der Waals surface area (Å²) >= 11 is 1.69. The fourth-order valence-electron chi connectivity index (χ4n) is 2.20. The minimum absolute atomic E-state index is 0.120. The average molecular weight is 324 g/mol. The molecule has 1 aliphatic rings. The van der Waals surface area contributed by atoms with E-state index in [1.54, 1.807) is 18.9 Å². The van der Waals surface area contributed by atoms with Gasteiger partial charge in [-0.1, -0.05) is 0 Å². The second kappa shape index (κ2) is 9.71. The van der Waals surface area contributed by atoms with Crippen LogP contribution in [0.2, 0.25) is 0 Å². The van der Waals surface area contributed by atoms with Gasteiger partial charge in [0, 0.05) is 43.2 Å². The zero-order valence-corrected chi connectivity index (χ0v) is 13.9. The van der Waals surface area contributed by atoms with Crippen LogP contribution in [-0.2, 0) is 9.53 Å². The molecule has 0 spiro atoms. The second-order valence-corrected chi connectivity index (χ2v) is 6.25. The van der Waals surface area contributed by atoms with Crippen molar-refractivity contribution in [1.29, 1.82) is 0 Å². The molecular weight excluding hydrogens is 300 g/mol. The molecule has 1 N–H and O–H groups in total. The summed E-state index contributed by atoms with van der Waals surface area (Å²) in [6.45, 7) is 5.14. The molecule has 1 aliphatic heterocycles. The molecule has 0 atom stereocenters. The van der Waals surface area contributed by atoms with E-state index in [2.05, 4.69) is 10.2 Å². The van der Waals surface area contributed by atoms with Crippen molar-refractivity contribution in [2.75, 3.05) is 52.3 Å². The number of benzene rings is 1. The van der Waals surface area contributed by atoms with Gasteiger partial charge < -0.3 is 14.8 Å². The molecule has 0 radical (unpaired) electrons. The Morgan fingerprint density at radius 2 is 2.05 bits per heavy atom. The highest BCUT2D eigenvalue weighted by Crippen LogP contribution is 2.21. The van der Waals surface area contributed by atoms with Crippen molar-refractivity contribution in [1.82, 2.24) is 10.2 Å². The van der Waals surface area contributed by atoms with Crippen LogP contribution in [0, 0.1) is 0 Å². The molecular formula is C16H24N2O3S. The summed E-state index contributed by atoms with van der Waals surface area (Å²) in [5, 5.41) is 2.98. The fourth-order valence-corrected chi connectivity index (χ4v) is 3.05. The van der Waals surface area contributed by atoms with Gasteiger partial charge in [-0.2, -0.15) is 0 Å². The number of methoxy groups -OCH3 is 1. The first-order chi connectivity index (χ1) is 10.8. The van der Waals surface area contributed by atoms with Crippen molar-refractivity contribution in [2.24, 2.45) is 0 Å². The van der Waals surface area contributed by atoms with Crippen LogP contribution in [0.15, 0.2) is 29.2 Å². The molecule has 0 unspecified atom stereocenters. The smallest absolute Gasteiger partial charge is 0.220 e. The van der Waals surface area contributed by atoms with E-state index in [1.165, 1.54) is 0 Å². The van der Waals surface area contributed by atoms with Crippen molar-refractivity contribution >= 4 is 17.7 Å². The standard InChI is InChI=1S/C16H24N2O3S/c1-20-14-2-4-15(5-3-14)22-13-6-16(19)17-7-8-18-9-11-21-12-10-18/h2-5H,6-13H2,1H3,(H,17,19). The van der Waals surface area contributed by atoms with Crippen molar-refractivity contribution < 1.29 is 14.3 Å². The summed E-state index contributed by atoms with van der Waals surface area (Å²) in [7, 11) is 1.66. The maximum absolute atomic E-state index is 11.8. The fraction of sp³-hybridized carbons (Fsp3) is 0.562. The number of hydrogen-bond donors (Lipinski definition) is 1. The molecule has 0 aliphatic carbocycles. The maximum atomic E-state index is 11.8. The van der Waals surface area contributed by atoms with Crippen LogP contribution in [0.4, 0.5) is 0 Å². The molecule has 1 fully saturated rings. The summed E-state index contributed by atoms with van der Waals surface area (Å²) < 4.78 is 10.4. The van der Waals surface area contributed by atoms with Crippen LogP contribution in [-0.4, -0.2) is 63.1 Å². The molecule has 1 aromatic rings. The van der Waals surface area contributed by atoms with E-state index in [-0.39, 0.29) is 5.91 Å². The molecule has 1 saturated heterocycles. The van der Waals surface area contributed by atoms with Crippen LogP contribution in [0.3, 0.4) is 0 Å². The third-order valence-corrected chi connectivity index (χ3v) is 4.52. The van der Waals surface area contributed by atoms with Crippen molar-refractivity contribution in [3.8, 4) is 5.75 Å². The Morgan fingerprint density at radius 3 is 2.73 bits per heavy atom. The lowest BCUT2D eigenvalue weighted by atomic mass is 10.3. The lowest BCUT2D eigenvalue weighted by molar-refractivity contribution is -0.120. The van der Waals surface area contributed by atoms with Gasteiger partial charge in [0.25, 0.3) is 0 Å². The Kier molecular flexibility index (Phi) is 7.56. The van der Waals surface area contributed by atoms with Gasteiger partial charge in [-0.25, -0.2) is 0 Å². The highest BCUT2D eigenvalue weighted by Gasteiger charge is 2.10. The SMILES string of the molecule is COc1ccc(SCCC(=O)NCCN2CCOCC2)cc1. The topological polar surface area (TPSA) is 50.8 Å². The third kappa shape index (κ3) is 6.25. The number of carbonyl (C=O) groups is 1. The van der Waals surface area contributed by atoms with Crippen LogP contribution < -0.4 is 10.1 Å². The first-order valence-electron chi connectivity index (χ1n) is 7.61. The van der Waals surface area contributed by atoms with Gasteiger partial charge in [-0.05, 0) is 24.3 Å². The number of ether oxygens (including phenoxy) is 2. The molecule has 0 saturated carbocycles. The van der Waals surface area contributed by atoms with Gasteiger partial charge in [-0.15, -0.1) is 11.8 Å². The summed E-state index contributed by atoms with van der Waals surface area (Å²) in [4.78, 5) is 15.3. The van der Waals surface area contributed by atoms with Gasteiger partial charge in [0.15, 0.2) is 0 Å². The Morgan fingerprint density at radius 1 is 1.32 bits per heavy atom. The predicted molar refractivity (Wildman–Crippen MR) is 88.6 cm³/mol. The molecule has 1 heterocycles. The van der Waals surface area contributed by atoms with E-state index in [9.17, 15) is 4.79 Å². The number of thioether (sulfide) groups is 1. The van der Waals surface area contributed by atoms with E-state index in [0.29, 0.717) is 13.0 Å². The number of nitrogens with one attached hydrogen (secondary N) is 1. The number of morpholine rings is 1. The van der Waals surface area contributed by atoms with Gasteiger partial charge in [0.1, 0.15) is 5.75 Å². The molecule has 0 aromatic heterocycles. The van der Waals surface area contributed by atoms with Crippen molar-refractivity contribution in [2.45, 2.75) is 11.3 Å². The van der Waals surface area contributed by atoms with Crippen LogP contribution >= 0.6 is 11.8 Å². The highest BCUT2D eigenvalue weighted by atomic mass is 32.2. The molecule has 22 heavy (non-hydrogen) atoms. The summed E-state index contributed by atoms with van der Waals surface area (Å²) in [5.74, 6) is 1.76. The quantitative estimate of drug-likeness (QED) is 0.737. The van der Waals surface area contributed by atoms with Gasteiger partial charge in [0.2, 0.25) is 5.91 Å². The Labute approximate surface area is 136 Å². The number of hydrogen-bond acceptors (Lipinski definition) is 5. The van der Waals surface area contributed by atoms with Crippen molar-refractivity contribution in [3.05, 3.63) is 24.3 Å². The maximum Gasteiger partial charge on any atom is 0.220 e. The molecule has 5 nitrogen and oxygen atoms in total. The highest BCUT2D eigenvalue weighted by molar-refractivity contribution is 7.99. The van der Waals surface area contributed by atoms with E-state index in [0.717, 1.165) is 49.2 Å². The zero-order valence-electron chi connectivity index (χ0n) is 13.0. The second-order valence-electron chi connectivity index (χ2n) is 5.08. The lowest BCUT2D eigenvalue weighted by Gasteiger charge is -2.26. The van der Waals surface area contributed by atoms with Gasteiger partial charge in [-0.3, -0.25) is 9.69 Å². The molecule has 2 rings (SSSR count).